The van der Waals surface area contributed by atoms with Gasteiger partial charge in [-0.1, -0.05) is 60.5 Å². The number of alkyl halides is 3. The lowest BCUT2D eigenvalue weighted by Crippen LogP contribution is -2.45. The second-order valence-corrected chi connectivity index (χ2v) is 11.6. The molecule has 7 heteroatoms. The number of benzene rings is 2. The number of carbonyl (C=O) groups excluding carboxylic acids is 1. The molecule has 41 heavy (non-hydrogen) atoms. The Hall–Kier alpha value is -3.34. The van der Waals surface area contributed by atoms with Crippen molar-refractivity contribution in [3.05, 3.63) is 94.5 Å². The zero-order valence-corrected chi connectivity index (χ0v) is 23.8. The van der Waals surface area contributed by atoms with Crippen molar-refractivity contribution in [3.63, 3.8) is 0 Å². The SMILES string of the molecule is Cc1ccc(C)c(C(=O)NC2CCN(CCCC[C@]3(CNCC(F)(F)F)c4c#cccc4-c4ccccc43)CC2)c1. The van der Waals surface area contributed by atoms with E-state index in [1.807, 2.05) is 56.3 Å². The lowest BCUT2D eigenvalue weighted by molar-refractivity contribution is -0.125. The highest BCUT2D eigenvalue weighted by Crippen LogP contribution is 2.50. The molecule has 2 N–H and O–H groups in total. The van der Waals surface area contributed by atoms with Crippen molar-refractivity contribution in [1.82, 2.24) is 15.5 Å². The normalized spacial score (nSPS) is 16.6. The predicted octanol–water partition coefficient (Wildman–Crippen LogP) is 6.39. The standard InChI is InChI=1S/C34H38F3N3O/c1-24-13-14-25(2)29(21-24)32(41)39-26-15-19-40(20-16-26)18-8-7-17-33(22-38-23-34(35,36)37)30-11-5-3-9-27(30)28-10-4-6-12-31(28)33/h3-5,9-11,13-14,21,26,38H,7-8,15-20,22-23H2,1-2H3,(H,39,41)/t33-/m1/s1. The summed E-state index contributed by atoms with van der Waals surface area (Å²) >= 11 is 0. The summed E-state index contributed by atoms with van der Waals surface area (Å²) in [6, 6.07) is 24.3. The number of piperidine rings is 1. The van der Waals surface area contributed by atoms with Crippen molar-refractivity contribution < 1.29 is 18.0 Å². The number of rotatable bonds is 10. The smallest absolute Gasteiger partial charge is 0.349 e. The van der Waals surface area contributed by atoms with Gasteiger partial charge in [0.1, 0.15) is 0 Å². The van der Waals surface area contributed by atoms with Gasteiger partial charge in [0.25, 0.3) is 5.91 Å². The lowest BCUT2D eigenvalue weighted by atomic mass is 9.74. The van der Waals surface area contributed by atoms with E-state index in [2.05, 4.69) is 39.8 Å². The summed E-state index contributed by atoms with van der Waals surface area (Å²) in [4.78, 5) is 15.3. The molecule has 1 amide bonds. The van der Waals surface area contributed by atoms with E-state index in [0.29, 0.717) is 0 Å². The summed E-state index contributed by atoms with van der Waals surface area (Å²) in [6.07, 6.45) is 0.126. The number of likely N-dealkylation sites (tertiary alicyclic amines) is 1. The van der Waals surface area contributed by atoms with Crippen LogP contribution in [0, 0.1) is 26.0 Å². The van der Waals surface area contributed by atoms with Crippen molar-refractivity contribution in [3.8, 4) is 11.1 Å². The maximum atomic E-state index is 13.1. The van der Waals surface area contributed by atoms with Crippen LogP contribution in [-0.4, -0.2) is 55.7 Å². The zero-order chi connectivity index (χ0) is 29.0. The minimum Gasteiger partial charge on any atom is -0.349 e. The second kappa shape index (κ2) is 12.3. The Kier molecular flexibility index (Phi) is 8.72. The Morgan fingerprint density at radius 2 is 1.83 bits per heavy atom. The molecule has 0 bridgehead atoms. The van der Waals surface area contributed by atoms with E-state index in [1.54, 1.807) is 0 Å². The van der Waals surface area contributed by atoms with Crippen LogP contribution in [0.1, 0.15) is 64.7 Å². The van der Waals surface area contributed by atoms with E-state index in [0.717, 1.165) is 90.7 Å². The Balaban J connectivity index is 1.17. The number of amides is 1. The van der Waals surface area contributed by atoms with E-state index in [9.17, 15) is 18.0 Å². The van der Waals surface area contributed by atoms with Crippen LogP contribution in [0.4, 0.5) is 13.2 Å². The van der Waals surface area contributed by atoms with Crippen molar-refractivity contribution >= 4 is 5.91 Å². The van der Waals surface area contributed by atoms with Gasteiger partial charge in [0.05, 0.1) is 6.54 Å². The molecule has 0 unspecified atom stereocenters. The van der Waals surface area contributed by atoms with Gasteiger partial charge in [0, 0.05) is 42.2 Å². The van der Waals surface area contributed by atoms with Gasteiger partial charge in [0.2, 0.25) is 0 Å². The van der Waals surface area contributed by atoms with Crippen LogP contribution in [0.5, 0.6) is 0 Å². The molecular weight excluding hydrogens is 523 g/mol. The summed E-state index contributed by atoms with van der Waals surface area (Å²) in [5.41, 5.74) is 6.37. The van der Waals surface area contributed by atoms with Crippen molar-refractivity contribution in [2.45, 2.75) is 63.6 Å². The molecule has 1 aliphatic heterocycles. The van der Waals surface area contributed by atoms with Crippen LogP contribution in [0.15, 0.2) is 54.6 Å². The first-order valence-electron chi connectivity index (χ1n) is 14.6. The Bertz CT molecular complexity index is 1320. The predicted molar refractivity (Wildman–Crippen MR) is 156 cm³/mol. The van der Waals surface area contributed by atoms with Gasteiger partial charge in [-0.2, -0.15) is 13.2 Å². The number of hydrogen-bond acceptors (Lipinski definition) is 3. The molecule has 1 atom stereocenters. The van der Waals surface area contributed by atoms with Crippen LogP contribution in [0.3, 0.4) is 0 Å². The minimum absolute atomic E-state index is 0.000237. The summed E-state index contributed by atoms with van der Waals surface area (Å²) in [5.74, 6) is 0.000237. The second-order valence-electron chi connectivity index (χ2n) is 11.6. The average molecular weight is 562 g/mol. The fraction of sp³-hybridized carbons (Fsp3) is 0.441. The number of hydrogen-bond donors (Lipinski definition) is 2. The molecule has 0 aromatic heterocycles. The third-order valence-corrected chi connectivity index (χ3v) is 8.65. The monoisotopic (exact) mass is 561 g/mol. The highest BCUT2D eigenvalue weighted by Gasteiger charge is 2.43. The van der Waals surface area contributed by atoms with Crippen molar-refractivity contribution in [2.24, 2.45) is 0 Å². The van der Waals surface area contributed by atoms with Gasteiger partial charge in [-0.05, 0) is 86.5 Å². The van der Waals surface area contributed by atoms with Crippen LogP contribution in [0.2, 0.25) is 0 Å². The van der Waals surface area contributed by atoms with Gasteiger partial charge < -0.3 is 15.5 Å². The third kappa shape index (κ3) is 6.60. The molecule has 3 aromatic carbocycles. The number of halogens is 3. The molecule has 0 spiro atoms. The lowest BCUT2D eigenvalue weighted by Gasteiger charge is -2.34. The fourth-order valence-corrected chi connectivity index (χ4v) is 6.52. The molecule has 1 heterocycles. The van der Waals surface area contributed by atoms with Crippen molar-refractivity contribution in [1.29, 1.82) is 0 Å². The molecule has 3 aromatic rings. The van der Waals surface area contributed by atoms with Gasteiger partial charge in [-0.3, -0.25) is 4.79 Å². The number of unbranched alkanes of at least 4 members (excludes halogenated alkanes) is 1. The maximum Gasteiger partial charge on any atom is 0.401 e. The average Bonchev–Trinajstić information content (AvgIpc) is 3.22. The summed E-state index contributed by atoms with van der Waals surface area (Å²) in [7, 11) is 0. The van der Waals surface area contributed by atoms with Crippen LogP contribution >= 0.6 is 0 Å². The molecular formula is C34H38F3N3O. The molecule has 5 rings (SSSR count). The third-order valence-electron chi connectivity index (χ3n) is 8.65. The molecule has 1 aliphatic carbocycles. The topological polar surface area (TPSA) is 44.4 Å². The molecule has 0 saturated carbocycles. The first-order chi connectivity index (χ1) is 19.7. The van der Waals surface area contributed by atoms with E-state index in [4.69, 9.17) is 0 Å². The number of nitrogens with one attached hydrogen (secondary N) is 2. The summed E-state index contributed by atoms with van der Waals surface area (Å²) in [5, 5.41) is 5.94. The minimum atomic E-state index is -4.26. The first-order valence-corrected chi connectivity index (χ1v) is 14.6. The van der Waals surface area contributed by atoms with Gasteiger partial charge in [-0.25, -0.2) is 0 Å². The quantitative estimate of drug-likeness (QED) is 0.282. The van der Waals surface area contributed by atoms with Crippen LogP contribution < -0.4 is 10.6 Å². The highest BCUT2D eigenvalue weighted by molar-refractivity contribution is 5.96. The number of nitrogens with zero attached hydrogens (tertiary/aromatic N) is 1. The number of carbonyl (C=O) groups is 1. The van der Waals surface area contributed by atoms with E-state index < -0.39 is 18.1 Å². The maximum absolute atomic E-state index is 13.1. The van der Waals surface area contributed by atoms with Gasteiger partial charge in [0.15, 0.2) is 0 Å². The van der Waals surface area contributed by atoms with E-state index in [-0.39, 0.29) is 18.5 Å². The summed E-state index contributed by atoms with van der Waals surface area (Å²) in [6.45, 7) is 5.93. The van der Waals surface area contributed by atoms with Gasteiger partial charge >= 0.3 is 6.18 Å². The Morgan fingerprint density at radius 3 is 2.61 bits per heavy atom. The highest BCUT2D eigenvalue weighted by atomic mass is 19.4. The number of aryl methyl sites for hydroxylation is 2. The van der Waals surface area contributed by atoms with Crippen molar-refractivity contribution in [2.75, 3.05) is 32.7 Å². The molecule has 216 valence electrons. The first kappa shape index (κ1) is 29.2. The molecule has 2 aliphatic rings. The van der Waals surface area contributed by atoms with E-state index >= 15 is 0 Å². The fourth-order valence-electron chi connectivity index (χ4n) is 6.52. The van der Waals surface area contributed by atoms with Crippen LogP contribution in [0.25, 0.3) is 11.1 Å². The zero-order valence-electron chi connectivity index (χ0n) is 23.8. The van der Waals surface area contributed by atoms with Crippen LogP contribution in [-0.2, 0) is 5.41 Å². The molecule has 4 nitrogen and oxygen atoms in total. The molecule has 0 radical (unpaired) electrons. The molecule has 1 saturated heterocycles. The number of fused-ring (bicyclic) bond motifs is 3. The summed E-state index contributed by atoms with van der Waals surface area (Å²) < 4.78 is 39.2. The Morgan fingerprint density at radius 1 is 1.05 bits per heavy atom. The van der Waals surface area contributed by atoms with Gasteiger partial charge in [-0.15, -0.1) is 0 Å². The van der Waals surface area contributed by atoms with E-state index in [1.165, 1.54) is 0 Å². The largest absolute Gasteiger partial charge is 0.401 e. The molecule has 1 fully saturated rings. The Labute approximate surface area is 241 Å².